The highest BCUT2D eigenvalue weighted by Crippen LogP contribution is 2.29. The van der Waals surface area contributed by atoms with Crippen molar-refractivity contribution in [3.63, 3.8) is 0 Å². The molecule has 0 bridgehead atoms. The number of amides is 1. The molecule has 118 valence electrons. The molecular weight excluding hydrogens is 332 g/mol. The van der Waals surface area contributed by atoms with Crippen molar-refractivity contribution in [2.24, 2.45) is 0 Å². The lowest BCUT2D eigenvalue weighted by atomic mass is 10.1. The summed E-state index contributed by atoms with van der Waals surface area (Å²) in [7, 11) is 1.90. The Labute approximate surface area is 136 Å². The number of hydrogen-bond donors (Lipinski definition) is 1. The maximum atomic E-state index is 12.3. The molecule has 1 rings (SSSR count). The fourth-order valence-corrected chi connectivity index (χ4v) is 2.50. The van der Waals surface area contributed by atoms with Crippen molar-refractivity contribution in [1.29, 1.82) is 0 Å². The molecule has 0 fully saturated rings. The topological polar surface area (TPSA) is 41.6 Å². The number of rotatable bonds is 7. The zero-order chi connectivity index (χ0) is 16.0. The number of nitrogens with one attached hydrogen (secondary N) is 1. The van der Waals surface area contributed by atoms with Crippen molar-refractivity contribution in [2.75, 3.05) is 20.1 Å². The van der Waals surface area contributed by atoms with E-state index in [-0.39, 0.29) is 11.9 Å². The van der Waals surface area contributed by atoms with Crippen molar-refractivity contribution < 1.29 is 9.53 Å². The molecule has 4 nitrogen and oxygen atoms in total. The highest BCUT2D eigenvalue weighted by molar-refractivity contribution is 9.10. The molecule has 5 heteroatoms. The first-order valence-corrected chi connectivity index (χ1v) is 8.15. The predicted molar refractivity (Wildman–Crippen MR) is 89.6 cm³/mol. The van der Waals surface area contributed by atoms with Gasteiger partial charge in [-0.3, -0.25) is 4.79 Å². The number of hydrogen-bond acceptors (Lipinski definition) is 3. The van der Waals surface area contributed by atoms with Crippen LogP contribution >= 0.6 is 15.9 Å². The molecule has 0 saturated heterocycles. The van der Waals surface area contributed by atoms with E-state index in [1.165, 1.54) is 0 Å². The average molecular weight is 357 g/mol. The van der Waals surface area contributed by atoms with E-state index in [2.05, 4.69) is 28.2 Å². The zero-order valence-corrected chi connectivity index (χ0v) is 15.0. The monoisotopic (exact) mass is 356 g/mol. The van der Waals surface area contributed by atoms with Crippen LogP contribution in [0.15, 0.2) is 22.7 Å². The van der Waals surface area contributed by atoms with Gasteiger partial charge in [0.15, 0.2) is 6.10 Å². The highest BCUT2D eigenvalue weighted by Gasteiger charge is 2.21. The summed E-state index contributed by atoms with van der Waals surface area (Å²) in [5.74, 6) is 0.752. The molecule has 1 amide bonds. The molecule has 2 atom stereocenters. The van der Waals surface area contributed by atoms with Crippen molar-refractivity contribution in [1.82, 2.24) is 10.2 Å². The van der Waals surface area contributed by atoms with Crippen LogP contribution in [0.25, 0.3) is 0 Å². The van der Waals surface area contributed by atoms with E-state index in [1.54, 1.807) is 11.8 Å². The summed E-state index contributed by atoms with van der Waals surface area (Å²) < 4.78 is 6.87. The molecule has 21 heavy (non-hydrogen) atoms. The molecule has 1 aromatic carbocycles. The summed E-state index contributed by atoms with van der Waals surface area (Å²) in [6.07, 6.45) is -0.498. The number of ether oxygens (including phenoxy) is 1. The van der Waals surface area contributed by atoms with Crippen molar-refractivity contribution in [3.8, 4) is 5.75 Å². The van der Waals surface area contributed by atoms with Gasteiger partial charge in [0.05, 0.1) is 0 Å². The Morgan fingerprint density at radius 1 is 1.33 bits per heavy atom. The molecule has 2 unspecified atom stereocenters. The second-order valence-corrected chi connectivity index (χ2v) is 5.88. The lowest BCUT2D eigenvalue weighted by molar-refractivity contribution is -0.137. The number of likely N-dealkylation sites (N-methyl/N-ethyl adjacent to an activating group) is 1. The Hall–Kier alpha value is -1.07. The van der Waals surface area contributed by atoms with E-state index >= 15 is 0 Å². The first kappa shape index (κ1) is 18.0. The Morgan fingerprint density at radius 2 is 1.95 bits per heavy atom. The molecule has 0 radical (unpaired) electrons. The van der Waals surface area contributed by atoms with Crippen LogP contribution in [0.3, 0.4) is 0 Å². The Kier molecular flexibility index (Phi) is 7.18. The third-order valence-electron chi connectivity index (χ3n) is 3.60. The van der Waals surface area contributed by atoms with Gasteiger partial charge < -0.3 is 15.0 Å². The third kappa shape index (κ3) is 4.71. The number of halogens is 1. The van der Waals surface area contributed by atoms with Crippen molar-refractivity contribution in [2.45, 2.75) is 39.8 Å². The standard InChI is InChI=1S/C16H25BrN2O2/c1-6-19(7-2)16(20)12(4)21-15-10-13(17)8-9-14(15)11(3)18-5/h8-12,18H,6-7H2,1-5H3. The molecule has 0 aliphatic heterocycles. The van der Waals surface area contributed by atoms with Gasteiger partial charge in [0.25, 0.3) is 5.91 Å². The van der Waals surface area contributed by atoms with Crippen LogP contribution in [0.5, 0.6) is 5.75 Å². The predicted octanol–water partition coefficient (Wildman–Crippen LogP) is 3.37. The summed E-state index contributed by atoms with van der Waals surface area (Å²) in [5.41, 5.74) is 1.04. The maximum Gasteiger partial charge on any atom is 0.263 e. The van der Waals surface area contributed by atoms with E-state index in [0.29, 0.717) is 13.1 Å². The largest absolute Gasteiger partial charge is 0.481 e. The molecule has 1 aromatic rings. The van der Waals surface area contributed by atoms with Crippen LogP contribution in [0.2, 0.25) is 0 Å². The third-order valence-corrected chi connectivity index (χ3v) is 4.10. The van der Waals surface area contributed by atoms with Crippen molar-refractivity contribution >= 4 is 21.8 Å². The normalized spacial score (nSPS) is 13.6. The molecule has 0 aliphatic carbocycles. The SMILES string of the molecule is CCN(CC)C(=O)C(C)Oc1cc(Br)ccc1C(C)NC. The van der Waals surface area contributed by atoms with Gasteiger partial charge in [-0.15, -0.1) is 0 Å². The van der Waals surface area contributed by atoms with E-state index in [1.807, 2.05) is 39.1 Å². The van der Waals surface area contributed by atoms with Gasteiger partial charge in [-0.05, 0) is 46.9 Å². The van der Waals surface area contributed by atoms with Gasteiger partial charge in [-0.25, -0.2) is 0 Å². The smallest absolute Gasteiger partial charge is 0.263 e. The maximum absolute atomic E-state index is 12.3. The second-order valence-electron chi connectivity index (χ2n) is 4.96. The summed E-state index contributed by atoms with van der Waals surface area (Å²) in [6, 6.07) is 6.06. The fourth-order valence-electron chi connectivity index (χ4n) is 2.16. The minimum atomic E-state index is -0.498. The Morgan fingerprint density at radius 3 is 2.48 bits per heavy atom. The number of carbonyl (C=O) groups excluding carboxylic acids is 1. The van der Waals surface area contributed by atoms with Gasteiger partial charge in [-0.1, -0.05) is 22.0 Å². The molecule has 0 aliphatic rings. The summed E-state index contributed by atoms with van der Waals surface area (Å²) in [4.78, 5) is 14.1. The minimum Gasteiger partial charge on any atom is -0.481 e. The van der Waals surface area contributed by atoms with Gasteiger partial charge >= 0.3 is 0 Å². The fraction of sp³-hybridized carbons (Fsp3) is 0.562. The zero-order valence-electron chi connectivity index (χ0n) is 13.4. The van der Waals surface area contributed by atoms with Crippen LogP contribution in [0.1, 0.15) is 39.3 Å². The molecule has 0 heterocycles. The van der Waals surface area contributed by atoms with Crippen LogP contribution in [-0.2, 0) is 4.79 Å². The van der Waals surface area contributed by atoms with Crippen LogP contribution in [0.4, 0.5) is 0 Å². The minimum absolute atomic E-state index is 0.0167. The Bertz CT molecular complexity index is 475. The summed E-state index contributed by atoms with van der Waals surface area (Å²) in [6.45, 7) is 9.20. The van der Waals surface area contributed by atoms with Gasteiger partial charge in [0.2, 0.25) is 0 Å². The van der Waals surface area contributed by atoms with Gasteiger partial charge in [-0.2, -0.15) is 0 Å². The van der Waals surface area contributed by atoms with E-state index in [4.69, 9.17) is 4.74 Å². The first-order valence-electron chi connectivity index (χ1n) is 7.36. The van der Waals surface area contributed by atoms with E-state index < -0.39 is 6.10 Å². The highest BCUT2D eigenvalue weighted by atomic mass is 79.9. The lowest BCUT2D eigenvalue weighted by Crippen LogP contribution is -2.40. The Balaban J connectivity index is 2.95. The number of carbonyl (C=O) groups is 1. The van der Waals surface area contributed by atoms with Crippen LogP contribution in [-0.4, -0.2) is 37.0 Å². The summed E-state index contributed by atoms with van der Waals surface area (Å²) >= 11 is 3.45. The molecule has 1 N–H and O–H groups in total. The first-order chi connectivity index (χ1) is 9.94. The van der Waals surface area contributed by atoms with E-state index in [0.717, 1.165) is 15.8 Å². The van der Waals surface area contributed by atoms with Gasteiger partial charge in [0.1, 0.15) is 5.75 Å². The lowest BCUT2D eigenvalue weighted by Gasteiger charge is -2.25. The van der Waals surface area contributed by atoms with Crippen LogP contribution in [0, 0.1) is 0 Å². The quantitative estimate of drug-likeness (QED) is 0.814. The number of benzene rings is 1. The molecular formula is C16H25BrN2O2. The molecule has 0 spiro atoms. The van der Waals surface area contributed by atoms with Gasteiger partial charge in [0, 0.05) is 29.2 Å². The van der Waals surface area contributed by atoms with Crippen LogP contribution < -0.4 is 10.1 Å². The second kappa shape index (κ2) is 8.39. The summed E-state index contributed by atoms with van der Waals surface area (Å²) in [5, 5.41) is 3.20. The molecule has 0 saturated carbocycles. The number of nitrogens with zero attached hydrogens (tertiary/aromatic N) is 1. The van der Waals surface area contributed by atoms with E-state index in [9.17, 15) is 4.79 Å². The van der Waals surface area contributed by atoms with Crippen molar-refractivity contribution in [3.05, 3.63) is 28.2 Å². The average Bonchev–Trinajstić information content (AvgIpc) is 2.47. The molecule has 0 aromatic heterocycles.